The number of methoxy groups -OCH3 is 2. The highest BCUT2D eigenvalue weighted by atomic mass is 79.9. The van der Waals surface area contributed by atoms with Crippen LogP contribution >= 0.6 is 15.9 Å². The van der Waals surface area contributed by atoms with Gasteiger partial charge in [0.25, 0.3) is 0 Å². The second-order valence-corrected chi connectivity index (χ2v) is 7.94. The van der Waals surface area contributed by atoms with Crippen molar-refractivity contribution >= 4 is 25.4 Å². The Hall–Kier alpha value is -2.48. The van der Waals surface area contributed by atoms with Crippen LogP contribution in [0, 0.1) is 11.5 Å². The zero-order valence-electron chi connectivity index (χ0n) is 15.9. The first-order chi connectivity index (χ1) is 13.7. The van der Waals surface area contributed by atoms with E-state index in [-0.39, 0.29) is 5.04 Å². The van der Waals surface area contributed by atoms with Gasteiger partial charge in [0.15, 0.2) is 9.52 Å². The minimum absolute atomic E-state index is 0.355. The van der Waals surface area contributed by atoms with Crippen molar-refractivity contribution in [2.75, 3.05) is 19.5 Å². The molecule has 0 saturated carbocycles. The summed E-state index contributed by atoms with van der Waals surface area (Å²) in [5.74, 6) is 4.87. The molecular weight excluding hydrogens is 428 g/mol. The van der Waals surface area contributed by atoms with Gasteiger partial charge >= 0.3 is 0 Å². The topological polar surface area (TPSA) is 18.5 Å². The molecule has 140 valence electrons. The molecule has 0 aliphatic carbocycles. The molecule has 0 bridgehead atoms. The van der Waals surface area contributed by atoms with Crippen LogP contribution < -0.4 is 9.47 Å². The number of hydrogen-bond acceptors (Lipinski definition) is 2. The van der Waals surface area contributed by atoms with Crippen molar-refractivity contribution in [3.05, 3.63) is 95.6 Å². The zero-order chi connectivity index (χ0) is 19.8. The first-order valence-electron chi connectivity index (χ1n) is 8.90. The van der Waals surface area contributed by atoms with Crippen LogP contribution in [0.4, 0.5) is 0 Å². The quantitative estimate of drug-likeness (QED) is 0.227. The van der Waals surface area contributed by atoms with E-state index in [1.54, 1.807) is 14.2 Å². The van der Waals surface area contributed by atoms with Gasteiger partial charge in [-0.25, -0.2) is 0 Å². The van der Waals surface area contributed by atoms with Crippen LogP contribution in [0.25, 0.3) is 0 Å². The lowest BCUT2D eigenvalue weighted by Gasteiger charge is -2.34. The van der Waals surface area contributed by atoms with E-state index in [0.717, 1.165) is 11.5 Å². The molecule has 0 atom stereocenters. The van der Waals surface area contributed by atoms with Crippen LogP contribution in [0.5, 0.6) is 11.5 Å². The first kappa shape index (κ1) is 20.3. The fraction of sp³-hybridized carbons (Fsp3) is 0.167. The molecule has 0 N–H and O–H groups in total. The summed E-state index contributed by atoms with van der Waals surface area (Å²) >= 11 is 3.42. The van der Waals surface area contributed by atoms with Crippen molar-refractivity contribution in [2.24, 2.45) is 0 Å². The smallest absolute Gasteiger partial charge is 0.170 e. The molecule has 0 aromatic heterocycles. The van der Waals surface area contributed by atoms with Gasteiger partial charge in [-0.3, -0.25) is 0 Å². The maximum absolute atomic E-state index is 5.37. The third kappa shape index (κ3) is 4.16. The Balaban J connectivity index is 2.26. The van der Waals surface area contributed by atoms with Crippen molar-refractivity contribution in [1.29, 1.82) is 0 Å². The van der Waals surface area contributed by atoms with Crippen LogP contribution in [0.1, 0.15) is 16.7 Å². The summed E-state index contributed by atoms with van der Waals surface area (Å²) < 4.78 is 10.7. The van der Waals surface area contributed by atoms with E-state index in [2.05, 4.69) is 75.9 Å². The van der Waals surface area contributed by atoms with E-state index in [0.29, 0.717) is 14.8 Å². The highest BCUT2D eigenvalue weighted by Gasteiger charge is 2.36. The molecule has 2 nitrogen and oxygen atoms in total. The Kier molecular flexibility index (Phi) is 6.97. The van der Waals surface area contributed by atoms with E-state index >= 15 is 0 Å². The van der Waals surface area contributed by atoms with E-state index in [1.807, 2.05) is 30.3 Å². The molecule has 0 heterocycles. The summed E-state index contributed by atoms with van der Waals surface area (Å²) in [4.78, 5) is 0. The van der Waals surface area contributed by atoms with Crippen molar-refractivity contribution in [3.8, 4) is 23.0 Å². The molecule has 0 amide bonds. The third-order valence-electron chi connectivity index (χ3n) is 4.66. The standard InChI is InChI=1S/C24H21BrO2Si/c1-26-22-13-9-20(10-14-22)24(28-18-6-17-25,19-7-4-3-5-8-19)21-11-15-23(27-2)16-12-21/h3-5,7-16H,17H2,1-2H3. The van der Waals surface area contributed by atoms with Crippen molar-refractivity contribution in [1.82, 2.24) is 0 Å². The molecule has 0 aliphatic heterocycles. The minimum atomic E-state index is -0.366. The van der Waals surface area contributed by atoms with E-state index < -0.39 is 0 Å². The number of alkyl halides is 1. The van der Waals surface area contributed by atoms with E-state index in [1.165, 1.54) is 16.7 Å². The SMILES string of the molecule is COc1ccc(C([Si]C#CCBr)(c2ccccc2)c2ccc(OC)cc2)cc1. The van der Waals surface area contributed by atoms with Gasteiger partial charge in [0, 0.05) is 5.04 Å². The molecular formula is C24H21BrO2Si. The van der Waals surface area contributed by atoms with Gasteiger partial charge in [-0.15, -0.1) is 5.54 Å². The zero-order valence-corrected chi connectivity index (χ0v) is 18.5. The monoisotopic (exact) mass is 448 g/mol. The van der Waals surface area contributed by atoms with Gasteiger partial charge in [-0.2, -0.15) is 0 Å². The molecule has 3 aromatic rings. The molecule has 2 radical (unpaired) electrons. The predicted octanol–water partition coefficient (Wildman–Crippen LogP) is 5.06. The van der Waals surface area contributed by atoms with E-state index in [9.17, 15) is 0 Å². The van der Waals surface area contributed by atoms with Crippen molar-refractivity contribution < 1.29 is 9.47 Å². The van der Waals surface area contributed by atoms with Gasteiger partial charge in [0.1, 0.15) is 11.5 Å². The van der Waals surface area contributed by atoms with Crippen LogP contribution in [-0.2, 0) is 5.04 Å². The van der Waals surface area contributed by atoms with Gasteiger partial charge in [0.05, 0.1) is 19.5 Å². The maximum atomic E-state index is 5.37. The fourth-order valence-electron chi connectivity index (χ4n) is 3.26. The second kappa shape index (κ2) is 9.63. The molecule has 0 saturated heterocycles. The summed E-state index contributed by atoms with van der Waals surface area (Å²) in [5, 5.41) is 0.297. The van der Waals surface area contributed by atoms with Crippen molar-refractivity contribution in [2.45, 2.75) is 5.04 Å². The van der Waals surface area contributed by atoms with E-state index in [4.69, 9.17) is 9.47 Å². The summed E-state index contributed by atoms with van der Waals surface area (Å²) in [5.41, 5.74) is 6.99. The number of ether oxygens (including phenoxy) is 2. The Morgan fingerprint density at radius 2 is 1.21 bits per heavy atom. The molecule has 3 rings (SSSR count). The van der Waals surface area contributed by atoms with Crippen LogP contribution in [0.3, 0.4) is 0 Å². The molecule has 28 heavy (non-hydrogen) atoms. The molecule has 4 heteroatoms. The summed E-state index contributed by atoms with van der Waals surface area (Å²) in [6, 6.07) is 27.2. The Morgan fingerprint density at radius 1 is 0.750 bits per heavy atom. The van der Waals surface area contributed by atoms with Gasteiger partial charge in [-0.05, 0) is 41.0 Å². The fourth-order valence-corrected chi connectivity index (χ4v) is 4.95. The number of rotatable bonds is 6. The lowest BCUT2D eigenvalue weighted by Crippen LogP contribution is -2.35. The van der Waals surface area contributed by atoms with Crippen molar-refractivity contribution in [3.63, 3.8) is 0 Å². The minimum Gasteiger partial charge on any atom is -0.497 e. The average molecular weight is 449 g/mol. The molecule has 0 aliphatic rings. The maximum Gasteiger partial charge on any atom is 0.170 e. The summed E-state index contributed by atoms with van der Waals surface area (Å²) in [6.07, 6.45) is 0. The van der Waals surface area contributed by atoms with Crippen LogP contribution in [0.15, 0.2) is 78.9 Å². The lowest BCUT2D eigenvalue weighted by molar-refractivity contribution is 0.414. The lowest BCUT2D eigenvalue weighted by atomic mass is 9.83. The normalized spacial score (nSPS) is 10.7. The van der Waals surface area contributed by atoms with Gasteiger partial charge in [0.2, 0.25) is 0 Å². The highest BCUT2D eigenvalue weighted by Crippen LogP contribution is 2.39. The number of hydrogen-bond donors (Lipinski definition) is 0. The first-order valence-corrected chi connectivity index (χ1v) is 11.0. The average Bonchev–Trinajstić information content (AvgIpc) is 2.78. The Morgan fingerprint density at radius 3 is 1.64 bits per heavy atom. The molecule has 3 aromatic carbocycles. The van der Waals surface area contributed by atoms with Gasteiger partial charge in [-0.1, -0.05) is 76.4 Å². The number of halogens is 1. The molecule has 0 unspecified atom stereocenters. The summed E-state index contributed by atoms with van der Waals surface area (Å²) in [7, 11) is 3.73. The Labute approximate surface area is 177 Å². The van der Waals surface area contributed by atoms with Gasteiger partial charge < -0.3 is 9.47 Å². The third-order valence-corrected chi connectivity index (χ3v) is 6.48. The molecule has 0 spiro atoms. The predicted molar refractivity (Wildman–Crippen MR) is 120 cm³/mol. The van der Waals surface area contributed by atoms with Crippen LogP contribution in [0.2, 0.25) is 0 Å². The summed E-state index contributed by atoms with van der Waals surface area (Å²) in [6.45, 7) is 0. The van der Waals surface area contributed by atoms with Crippen LogP contribution in [-0.4, -0.2) is 29.1 Å². The second-order valence-electron chi connectivity index (χ2n) is 6.13. The highest BCUT2D eigenvalue weighted by molar-refractivity contribution is 9.09. The Bertz CT molecular complexity index is 894. The molecule has 0 fully saturated rings. The largest absolute Gasteiger partial charge is 0.497 e. The number of benzene rings is 3.